The summed E-state index contributed by atoms with van der Waals surface area (Å²) in [4.78, 5) is 0. The molecule has 1 aliphatic carbocycles. The van der Waals surface area contributed by atoms with Crippen LogP contribution in [0.15, 0.2) is 0 Å². The molecule has 2 unspecified atom stereocenters. The van der Waals surface area contributed by atoms with Crippen LogP contribution in [0.4, 0.5) is 0 Å². The van der Waals surface area contributed by atoms with Gasteiger partial charge in [-0.15, -0.1) is 0 Å². The van der Waals surface area contributed by atoms with Gasteiger partial charge in [-0.05, 0) is 56.5 Å². The molecule has 0 heterocycles. The molecule has 0 aromatic rings. The quantitative estimate of drug-likeness (QED) is 0.538. The van der Waals surface area contributed by atoms with E-state index in [1.54, 1.807) is 0 Å². The highest BCUT2D eigenvalue weighted by atomic mass is 14.8. The number of rotatable bonds is 5. The van der Waals surface area contributed by atoms with Gasteiger partial charge < -0.3 is 5.32 Å². The van der Waals surface area contributed by atoms with Crippen LogP contribution in [0.5, 0.6) is 0 Å². The Balaban J connectivity index is 2.20. The highest BCUT2D eigenvalue weighted by Crippen LogP contribution is 2.31. The highest BCUT2D eigenvalue weighted by molar-refractivity contribution is 4.73. The van der Waals surface area contributed by atoms with E-state index in [1.165, 1.54) is 51.6 Å². The van der Waals surface area contributed by atoms with Crippen LogP contribution >= 0.6 is 0 Å². The molecule has 1 rings (SSSR count). The van der Waals surface area contributed by atoms with E-state index < -0.39 is 0 Å². The third kappa shape index (κ3) is 5.01. The first kappa shape index (κ1) is 13.0. The van der Waals surface area contributed by atoms with Gasteiger partial charge in [0, 0.05) is 0 Å². The van der Waals surface area contributed by atoms with Crippen molar-refractivity contribution in [3.63, 3.8) is 0 Å². The van der Waals surface area contributed by atoms with Crippen molar-refractivity contribution in [1.82, 2.24) is 5.32 Å². The van der Waals surface area contributed by atoms with Crippen LogP contribution in [0, 0.1) is 17.8 Å². The third-order valence-corrected chi connectivity index (χ3v) is 3.94. The van der Waals surface area contributed by atoms with E-state index in [1.807, 2.05) is 0 Å². The number of hydrogen-bond acceptors (Lipinski definition) is 1. The maximum Gasteiger partial charge on any atom is -0.00205 e. The summed E-state index contributed by atoms with van der Waals surface area (Å²) in [5.74, 6) is 2.86. The Kier molecular flexibility index (Phi) is 6.31. The minimum atomic E-state index is 0.896. The van der Waals surface area contributed by atoms with Crippen LogP contribution < -0.4 is 5.32 Å². The van der Waals surface area contributed by atoms with Crippen molar-refractivity contribution in [2.75, 3.05) is 13.1 Å². The first-order chi connectivity index (χ1) is 7.24. The minimum absolute atomic E-state index is 0.896. The maximum atomic E-state index is 3.58. The van der Waals surface area contributed by atoms with E-state index in [0.717, 1.165) is 17.8 Å². The molecule has 0 saturated heterocycles. The lowest BCUT2D eigenvalue weighted by molar-refractivity contribution is 0.334. The predicted octanol–water partition coefficient (Wildman–Crippen LogP) is 3.84. The van der Waals surface area contributed by atoms with Gasteiger partial charge in [-0.1, -0.05) is 33.6 Å². The molecule has 0 aromatic heterocycles. The molecule has 0 amide bonds. The first-order valence-corrected chi connectivity index (χ1v) is 6.94. The largest absolute Gasteiger partial charge is 0.316 e. The predicted molar refractivity (Wildman–Crippen MR) is 68.1 cm³/mol. The van der Waals surface area contributed by atoms with Gasteiger partial charge in [0.15, 0.2) is 0 Å². The Labute approximate surface area is 96.0 Å². The smallest absolute Gasteiger partial charge is 0.00205 e. The van der Waals surface area contributed by atoms with Gasteiger partial charge in [-0.2, -0.15) is 0 Å². The summed E-state index contributed by atoms with van der Waals surface area (Å²) in [5.41, 5.74) is 0. The van der Waals surface area contributed by atoms with Crippen LogP contribution in [0.1, 0.15) is 59.3 Å². The van der Waals surface area contributed by atoms with Crippen LogP contribution in [0.25, 0.3) is 0 Å². The van der Waals surface area contributed by atoms with E-state index >= 15 is 0 Å². The topological polar surface area (TPSA) is 12.0 Å². The zero-order valence-corrected chi connectivity index (χ0v) is 10.9. The Bertz CT molecular complexity index is 153. The van der Waals surface area contributed by atoms with Crippen molar-refractivity contribution in [2.45, 2.75) is 59.3 Å². The van der Waals surface area contributed by atoms with Crippen molar-refractivity contribution < 1.29 is 0 Å². The normalized spacial score (nSPS) is 28.0. The second-order valence-electron chi connectivity index (χ2n) is 5.58. The number of nitrogens with one attached hydrogen (secondary N) is 1. The maximum absolute atomic E-state index is 3.58. The molecule has 0 spiro atoms. The van der Waals surface area contributed by atoms with Gasteiger partial charge in [0.1, 0.15) is 0 Å². The van der Waals surface area contributed by atoms with Crippen molar-refractivity contribution >= 4 is 0 Å². The second-order valence-corrected chi connectivity index (χ2v) is 5.58. The summed E-state index contributed by atoms with van der Waals surface area (Å²) >= 11 is 0. The van der Waals surface area contributed by atoms with E-state index in [9.17, 15) is 0 Å². The highest BCUT2D eigenvalue weighted by Gasteiger charge is 2.20. The Morgan fingerprint density at radius 1 is 1.13 bits per heavy atom. The number of hydrogen-bond donors (Lipinski definition) is 1. The molecule has 2 atom stereocenters. The molecular weight excluding hydrogens is 182 g/mol. The van der Waals surface area contributed by atoms with Crippen LogP contribution in [0.3, 0.4) is 0 Å². The van der Waals surface area contributed by atoms with Crippen molar-refractivity contribution in [2.24, 2.45) is 17.8 Å². The van der Waals surface area contributed by atoms with Crippen LogP contribution in [-0.2, 0) is 0 Å². The van der Waals surface area contributed by atoms with Crippen LogP contribution in [0.2, 0.25) is 0 Å². The summed E-state index contributed by atoms with van der Waals surface area (Å²) in [7, 11) is 0. The first-order valence-electron chi connectivity index (χ1n) is 6.94. The molecule has 1 fully saturated rings. The zero-order chi connectivity index (χ0) is 11.1. The molecule has 1 heteroatoms. The van der Waals surface area contributed by atoms with Crippen molar-refractivity contribution in [3.8, 4) is 0 Å². The second kappa shape index (κ2) is 7.27. The van der Waals surface area contributed by atoms with E-state index in [-0.39, 0.29) is 0 Å². The average molecular weight is 211 g/mol. The zero-order valence-electron chi connectivity index (χ0n) is 10.9. The Morgan fingerprint density at radius 3 is 2.60 bits per heavy atom. The monoisotopic (exact) mass is 211 g/mol. The standard InChI is InChI=1S/C14H29N/c1-4-10-15-11-13-6-5-7-14(9-8-13)12(2)3/h12-15H,4-11H2,1-3H3. The van der Waals surface area contributed by atoms with Gasteiger partial charge in [0.25, 0.3) is 0 Å². The lowest BCUT2D eigenvalue weighted by Crippen LogP contribution is -2.23. The van der Waals surface area contributed by atoms with E-state index in [4.69, 9.17) is 0 Å². The third-order valence-electron chi connectivity index (χ3n) is 3.94. The lowest BCUT2D eigenvalue weighted by Gasteiger charge is -2.18. The lowest BCUT2D eigenvalue weighted by atomic mass is 9.88. The molecule has 1 nitrogen and oxygen atoms in total. The summed E-state index contributed by atoms with van der Waals surface area (Å²) in [6.45, 7) is 9.48. The fourth-order valence-electron chi connectivity index (χ4n) is 2.76. The fraction of sp³-hybridized carbons (Fsp3) is 1.00. The molecule has 0 radical (unpaired) electrons. The molecule has 1 aliphatic rings. The molecule has 15 heavy (non-hydrogen) atoms. The van der Waals surface area contributed by atoms with Crippen molar-refractivity contribution in [1.29, 1.82) is 0 Å². The Hall–Kier alpha value is -0.0400. The molecule has 1 saturated carbocycles. The Morgan fingerprint density at radius 2 is 1.93 bits per heavy atom. The van der Waals surface area contributed by atoms with Gasteiger partial charge >= 0.3 is 0 Å². The van der Waals surface area contributed by atoms with Crippen molar-refractivity contribution in [3.05, 3.63) is 0 Å². The van der Waals surface area contributed by atoms with Gasteiger partial charge in [-0.25, -0.2) is 0 Å². The summed E-state index contributed by atoms with van der Waals surface area (Å²) in [6.07, 6.45) is 8.58. The fourth-order valence-corrected chi connectivity index (χ4v) is 2.76. The summed E-state index contributed by atoms with van der Waals surface area (Å²) in [6, 6.07) is 0. The average Bonchev–Trinajstić information content (AvgIpc) is 2.44. The SMILES string of the molecule is CCCNCC1CCCC(C(C)C)CC1. The van der Waals surface area contributed by atoms with E-state index in [0.29, 0.717) is 0 Å². The molecule has 0 aliphatic heterocycles. The summed E-state index contributed by atoms with van der Waals surface area (Å²) in [5, 5.41) is 3.58. The van der Waals surface area contributed by atoms with Gasteiger partial charge in [-0.3, -0.25) is 0 Å². The molecular formula is C14H29N. The van der Waals surface area contributed by atoms with Gasteiger partial charge in [0.05, 0.1) is 0 Å². The molecule has 1 N–H and O–H groups in total. The van der Waals surface area contributed by atoms with E-state index in [2.05, 4.69) is 26.1 Å². The minimum Gasteiger partial charge on any atom is -0.316 e. The molecule has 0 aromatic carbocycles. The summed E-state index contributed by atoms with van der Waals surface area (Å²) < 4.78 is 0. The van der Waals surface area contributed by atoms with Gasteiger partial charge in [0.2, 0.25) is 0 Å². The molecule has 90 valence electrons. The molecule has 0 bridgehead atoms. The van der Waals surface area contributed by atoms with Crippen LogP contribution in [-0.4, -0.2) is 13.1 Å².